The van der Waals surface area contributed by atoms with Crippen molar-refractivity contribution in [2.75, 3.05) is 7.11 Å². The molecule has 7 heteroatoms. The molecule has 32 heavy (non-hydrogen) atoms. The number of hydrogen-bond donors (Lipinski definition) is 1. The van der Waals surface area contributed by atoms with Gasteiger partial charge in [-0.25, -0.2) is 9.79 Å². The van der Waals surface area contributed by atoms with Gasteiger partial charge in [-0.15, -0.1) is 0 Å². The number of rotatable bonds is 5. The maximum absolute atomic E-state index is 12.4. The molecule has 1 N–H and O–H groups in total. The third-order valence-corrected chi connectivity index (χ3v) is 5.52. The van der Waals surface area contributed by atoms with Gasteiger partial charge in [0.15, 0.2) is 16.7 Å². The Balaban J connectivity index is 1.52. The summed E-state index contributed by atoms with van der Waals surface area (Å²) < 4.78 is 10.9. The number of thioether (sulfide) groups is 1. The Morgan fingerprint density at radius 1 is 1.00 bits per heavy atom. The summed E-state index contributed by atoms with van der Waals surface area (Å²) in [6.07, 6.45) is 1.74. The average molecular weight is 445 g/mol. The van der Waals surface area contributed by atoms with Crippen LogP contribution in [0.15, 0.2) is 82.7 Å². The number of nitrogens with zero attached hydrogens (tertiary/aromatic N) is 1. The summed E-state index contributed by atoms with van der Waals surface area (Å²) in [5.41, 5.74) is 3.00. The summed E-state index contributed by atoms with van der Waals surface area (Å²) in [4.78, 5) is 29.7. The normalized spacial score (nSPS) is 15.6. The van der Waals surface area contributed by atoms with Gasteiger partial charge in [0.2, 0.25) is 0 Å². The van der Waals surface area contributed by atoms with Crippen molar-refractivity contribution in [1.29, 1.82) is 0 Å². The number of ether oxygens (including phenoxy) is 2. The fourth-order valence-electron chi connectivity index (χ4n) is 2.96. The van der Waals surface area contributed by atoms with Crippen molar-refractivity contribution in [3.63, 3.8) is 0 Å². The highest BCUT2D eigenvalue weighted by atomic mass is 32.2. The molecule has 0 saturated carbocycles. The lowest BCUT2D eigenvalue weighted by Crippen LogP contribution is -2.19. The van der Waals surface area contributed by atoms with Crippen molar-refractivity contribution in [2.24, 2.45) is 4.99 Å². The van der Waals surface area contributed by atoms with Crippen LogP contribution in [-0.2, 0) is 4.79 Å². The van der Waals surface area contributed by atoms with Crippen LogP contribution in [0.25, 0.3) is 6.08 Å². The van der Waals surface area contributed by atoms with Crippen LogP contribution in [0.1, 0.15) is 21.5 Å². The summed E-state index contributed by atoms with van der Waals surface area (Å²) in [6, 6.07) is 21.7. The molecule has 4 rings (SSSR count). The minimum Gasteiger partial charge on any atom is -0.493 e. The van der Waals surface area contributed by atoms with Gasteiger partial charge < -0.3 is 14.8 Å². The molecule has 3 aromatic carbocycles. The number of aryl methyl sites for hydroxylation is 1. The summed E-state index contributed by atoms with van der Waals surface area (Å²) in [6.45, 7) is 1.95. The molecule has 0 spiro atoms. The third kappa shape index (κ3) is 5.07. The molecule has 1 heterocycles. The predicted octanol–water partition coefficient (Wildman–Crippen LogP) is 5.11. The Bertz CT molecular complexity index is 1220. The molecule has 6 nitrogen and oxygen atoms in total. The topological polar surface area (TPSA) is 77.0 Å². The largest absolute Gasteiger partial charge is 0.493 e. The van der Waals surface area contributed by atoms with Crippen molar-refractivity contribution in [1.82, 2.24) is 5.32 Å². The molecule has 0 atom stereocenters. The molecule has 160 valence electrons. The Kier molecular flexibility index (Phi) is 6.37. The van der Waals surface area contributed by atoms with Crippen LogP contribution in [0.2, 0.25) is 0 Å². The summed E-state index contributed by atoms with van der Waals surface area (Å²) >= 11 is 1.26. The van der Waals surface area contributed by atoms with E-state index in [2.05, 4.69) is 10.3 Å². The van der Waals surface area contributed by atoms with Gasteiger partial charge >= 0.3 is 5.97 Å². The maximum Gasteiger partial charge on any atom is 0.343 e. The fourth-order valence-corrected chi connectivity index (χ4v) is 3.80. The lowest BCUT2D eigenvalue weighted by Gasteiger charge is -2.10. The van der Waals surface area contributed by atoms with Crippen LogP contribution >= 0.6 is 11.8 Å². The molecular weight excluding hydrogens is 424 g/mol. The van der Waals surface area contributed by atoms with Crippen LogP contribution in [0.5, 0.6) is 11.5 Å². The molecule has 0 unspecified atom stereocenters. The van der Waals surface area contributed by atoms with Crippen LogP contribution in [-0.4, -0.2) is 24.2 Å². The first-order valence-electron chi connectivity index (χ1n) is 9.83. The number of benzene rings is 3. The van der Waals surface area contributed by atoms with Crippen molar-refractivity contribution in [3.8, 4) is 11.5 Å². The Labute approximate surface area is 190 Å². The van der Waals surface area contributed by atoms with Crippen LogP contribution in [0, 0.1) is 6.92 Å². The van der Waals surface area contributed by atoms with Gasteiger partial charge in [-0.3, -0.25) is 4.79 Å². The summed E-state index contributed by atoms with van der Waals surface area (Å²) in [5.74, 6) is -0.00288. The van der Waals surface area contributed by atoms with Crippen molar-refractivity contribution < 1.29 is 19.1 Å². The van der Waals surface area contributed by atoms with E-state index in [9.17, 15) is 9.59 Å². The molecule has 1 saturated heterocycles. The van der Waals surface area contributed by atoms with Crippen molar-refractivity contribution in [3.05, 3.63) is 94.4 Å². The van der Waals surface area contributed by atoms with Crippen LogP contribution < -0.4 is 14.8 Å². The van der Waals surface area contributed by atoms with Gasteiger partial charge in [0, 0.05) is 0 Å². The second-order valence-corrected chi connectivity index (χ2v) is 8.01. The maximum atomic E-state index is 12.4. The highest BCUT2D eigenvalue weighted by Crippen LogP contribution is 2.32. The standard InChI is InChI=1S/C25H20N2O4S/c1-16-8-11-18(12-9-16)24(29)31-20-13-10-17(14-21(20)30-2)15-22-23(28)27-25(32-22)26-19-6-4-3-5-7-19/h3-15H,1-2H3,(H,26,27,28)/b22-15-. The monoisotopic (exact) mass is 444 g/mol. The number of hydrogen-bond acceptors (Lipinski definition) is 6. The van der Waals surface area contributed by atoms with Gasteiger partial charge in [0.1, 0.15) is 0 Å². The molecular formula is C25H20N2O4S. The van der Waals surface area contributed by atoms with E-state index in [0.29, 0.717) is 27.1 Å². The molecule has 0 radical (unpaired) electrons. The number of para-hydroxylation sites is 1. The highest BCUT2D eigenvalue weighted by Gasteiger charge is 2.24. The molecule has 0 aromatic heterocycles. The Hall–Kier alpha value is -3.84. The van der Waals surface area contributed by atoms with E-state index in [1.807, 2.05) is 49.4 Å². The van der Waals surface area contributed by atoms with Gasteiger partial charge in [-0.1, -0.05) is 42.0 Å². The summed E-state index contributed by atoms with van der Waals surface area (Å²) in [7, 11) is 1.50. The number of nitrogens with one attached hydrogen (secondary N) is 1. The first kappa shape index (κ1) is 21.4. The smallest absolute Gasteiger partial charge is 0.343 e. The number of aliphatic imine (C=N–C) groups is 1. The van der Waals surface area contributed by atoms with E-state index in [4.69, 9.17) is 9.47 Å². The molecule has 3 aromatic rings. The second kappa shape index (κ2) is 9.53. The molecule has 0 bridgehead atoms. The zero-order valence-electron chi connectivity index (χ0n) is 17.5. The van der Waals surface area contributed by atoms with Gasteiger partial charge in [0.05, 0.1) is 23.3 Å². The van der Waals surface area contributed by atoms with Gasteiger partial charge in [-0.05, 0) is 66.7 Å². The van der Waals surface area contributed by atoms with Crippen molar-refractivity contribution in [2.45, 2.75) is 6.92 Å². The minimum atomic E-state index is -0.470. The first-order valence-corrected chi connectivity index (χ1v) is 10.6. The number of amides is 1. The van der Waals surface area contributed by atoms with E-state index in [1.165, 1.54) is 18.9 Å². The number of methoxy groups -OCH3 is 1. The van der Waals surface area contributed by atoms with Crippen molar-refractivity contribution >= 4 is 40.6 Å². The molecule has 0 aliphatic carbocycles. The second-order valence-electron chi connectivity index (χ2n) is 6.98. The highest BCUT2D eigenvalue weighted by molar-refractivity contribution is 8.18. The quantitative estimate of drug-likeness (QED) is 0.336. The van der Waals surface area contributed by atoms with E-state index >= 15 is 0 Å². The molecule has 1 aliphatic rings. The number of carbonyl (C=O) groups excluding carboxylic acids is 2. The van der Waals surface area contributed by atoms with E-state index in [1.54, 1.807) is 36.4 Å². The predicted molar refractivity (Wildman–Crippen MR) is 126 cm³/mol. The average Bonchev–Trinajstić information content (AvgIpc) is 3.14. The number of carbonyl (C=O) groups is 2. The van der Waals surface area contributed by atoms with Crippen LogP contribution in [0.4, 0.5) is 5.69 Å². The Morgan fingerprint density at radius 2 is 1.75 bits per heavy atom. The molecule has 1 amide bonds. The first-order chi connectivity index (χ1) is 15.5. The third-order valence-electron chi connectivity index (χ3n) is 4.61. The Morgan fingerprint density at radius 3 is 2.47 bits per heavy atom. The molecule has 1 aliphatic heterocycles. The number of amidine groups is 1. The van der Waals surface area contributed by atoms with Gasteiger partial charge in [-0.2, -0.15) is 0 Å². The lowest BCUT2D eigenvalue weighted by molar-refractivity contribution is -0.115. The SMILES string of the molecule is COc1cc(/C=C2\SC(=Nc3ccccc3)NC2=O)ccc1OC(=O)c1ccc(C)cc1. The van der Waals surface area contributed by atoms with E-state index < -0.39 is 5.97 Å². The van der Waals surface area contributed by atoms with E-state index in [0.717, 1.165) is 16.8 Å². The molecule has 1 fully saturated rings. The zero-order chi connectivity index (χ0) is 22.5. The van der Waals surface area contributed by atoms with Gasteiger partial charge in [0.25, 0.3) is 5.91 Å². The lowest BCUT2D eigenvalue weighted by atomic mass is 10.1. The van der Waals surface area contributed by atoms with Crippen LogP contribution in [0.3, 0.4) is 0 Å². The zero-order valence-corrected chi connectivity index (χ0v) is 18.3. The number of esters is 1. The van der Waals surface area contributed by atoms with E-state index in [-0.39, 0.29) is 5.91 Å². The summed E-state index contributed by atoms with van der Waals surface area (Å²) in [5, 5.41) is 3.28. The fraction of sp³-hybridized carbons (Fsp3) is 0.0800. The minimum absolute atomic E-state index is 0.224.